The Balaban J connectivity index is 2.01. The number of aliphatic hydroxyl groups is 1. The van der Waals surface area contributed by atoms with E-state index in [1.807, 2.05) is 5.38 Å². The number of piperidine rings is 1. The van der Waals surface area contributed by atoms with Crippen LogP contribution in [0, 0.1) is 0 Å². The molecule has 1 fully saturated rings. The number of aromatic nitrogens is 1. The van der Waals surface area contributed by atoms with Crippen LogP contribution in [0.2, 0.25) is 0 Å². The number of nitrogens with zero attached hydrogens (tertiary/aromatic N) is 2. The predicted molar refractivity (Wildman–Crippen MR) is 71.1 cm³/mol. The molecule has 0 aliphatic carbocycles. The zero-order valence-electron chi connectivity index (χ0n) is 10.9. The molecule has 1 aromatic rings. The van der Waals surface area contributed by atoms with E-state index in [1.54, 1.807) is 25.2 Å². The lowest BCUT2D eigenvalue weighted by Gasteiger charge is -2.32. The topological polar surface area (TPSA) is 36.4 Å². The van der Waals surface area contributed by atoms with E-state index < -0.39 is 5.60 Å². The van der Waals surface area contributed by atoms with Gasteiger partial charge in [-0.3, -0.25) is 4.90 Å². The Morgan fingerprint density at radius 1 is 1.53 bits per heavy atom. The smallest absolute Gasteiger partial charge is 0.107 e. The van der Waals surface area contributed by atoms with E-state index in [2.05, 4.69) is 16.8 Å². The van der Waals surface area contributed by atoms with Crippen molar-refractivity contribution in [2.24, 2.45) is 0 Å². The molecule has 1 aromatic heterocycles. The quantitative estimate of drug-likeness (QED) is 0.901. The van der Waals surface area contributed by atoms with Gasteiger partial charge in [0.15, 0.2) is 0 Å². The summed E-state index contributed by atoms with van der Waals surface area (Å²) in [5.41, 5.74) is -0.0235. The van der Waals surface area contributed by atoms with Crippen molar-refractivity contribution in [2.75, 3.05) is 6.54 Å². The molecular weight excluding hydrogens is 232 g/mol. The Labute approximate surface area is 107 Å². The van der Waals surface area contributed by atoms with Gasteiger partial charge < -0.3 is 5.11 Å². The van der Waals surface area contributed by atoms with Crippen LogP contribution in [0.15, 0.2) is 5.38 Å². The summed E-state index contributed by atoms with van der Waals surface area (Å²) in [5.74, 6) is 0. The van der Waals surface area contributed by atoms with Gasteiger partial charge in [-0.15, -0.1) is 11.3 Å². The minimum absolute atomic E-state index is 0.665. The highest BCUT2D eigenvalue weighted by atomic mass is 32.1. The number of rotatable bonds is 3. The second-order valence-corrected chi connectivity index (χ2v) is 6.44. The molecule has 0 aromatic carbocycles. The fraction of sp³-hybridized carbons (Fsp3) is 0.769. The summed E-state index contributed by atoms with van der Waals surface area (Å²) in [6, 6.07) is 0.665. The summed E-state index contributed by atoms with van der Waals surface area (Å²) in [6.45, 7) is 7.98. The maximum absolute atomic E-state index is 9.89. The van der Waals surface area contributed by atoms with E-state index in [4.69, 9.17) is 0 Å². The van der Waals surface area contributed by atoms with Crippen molar-refractivity contribution in [3.63, 3.8) is 0 Å². The molecule has 1 unspecified atom stereocenters. The maximum atomic E-state index is 9.89. The highest BCUT2D eigenvalue weighted by molar-refractivity contribution is 7.09. The van der Waals surface area contributed by atoms with Crippen molar-refractivity contribution < 1.29 is 5.11 Å². The van der Waals surface area contributed by atoms with E-state index in [-0.39, 0.29) is 0 Å². The van der Waals surface area contributed by atoms with Crippen LogP contribution in [0.5, 0.6) is 0 Å². The number of hydrogen-bond acceptors (Lipinski definition) is 4. The predicted octanol–water partition coefficient (Wildman–Crippen LogP) is 2.74. The van der Waals surface area contributed by atoms with Crippen LogP contribution in [0.25, 0.3) is 0 Å². The average molecular weight is 254 g/mol. The Hall–Kier alpha value is -0.450. The lowest BCUT2D eigenvalue weighted by atomic mass is 10.0. The van der Waals surface area contributed by atoms with Gasteiger partial charge in [0.1, 0.15) is 10.6 Å². The first-order valence-electron chi connectivity index (χ1n) is 6.38. The van der Waals surface area contributed by atoms with Gasteiger partial charge in [-0.2, -0.15) is 0 Å². The molecule has 1 saturated heterocycles. The first kappa shape index (κ1) is 13.0. The van der Waals surface area contributed by atoms with Gasteiger partial charge in [0.2, 0.25) is 0 Å². The molecule has 3 nitrogen and oxygen atoms in total. The summed E-state index contributed by atoms with van der Waals surface area (Å²) in [7, 11) is 0. The second-order valence-electron chi connectivity index (χ2n) is 5.50. The van der Waals surface area contributed by atoms with Crippen LogP contribution in [0.1, 0.15) is 50.7 Å². The summed E-state index contributed by atoms with van der Waals surface area (Å²) >= 11 is 1.66. The Bertz CT molecular complexity index is 370. The molecular formula is C13H22N2OS. The normalized spacial score (nSPS) is 22.9. The standard InChI is InChI=1S/C13H22N2OS/c1-10-6-4-5-7-15(10)8-12-14-11(9-17-12)13(2,3)16/h9-10,16H,4-8H2,1-3H3. The van der Waals surface area contributed by atoms with Crippen LogP contribution in [0.4, 0.5) is 0 Å². The molecule has 0 spiro atoms. The summed E-state index contributed by atoms with van der Waals surface area (Å²) < 4.78 is 0. The largest absolute Gasteiger partial charge is 0.384 e. The van der Waals surface area contributed by atoms with Crippen LogP contribution in [-0.4, -0.2) is 27.6 Å². The van der Waals surface area contributed by atoms with E-state index in [1.165, 1.54) is 25.8 Å². The van der Waals surface area contributed by atoms with Crippen molar-refractivity contribution >= 4 is 11.3 Å². The van der Waals surface area contributed by atoms with Crippen molar-refractivity contribution in [3.8, 4) is 0 Å². The lowest BCUT2D eigenvalue weighted by molar-refractivity contribution is 0.0740. The van der Waals surface area contributed by atoms with Gasteiger partial charge in [0, 0.05) is 11.4 Å². The van der Waals surface area contributed by atoms with Gasteiger partial charge in [0.05, 0.1) is 12.2 Å². The summed E-state index contributed by atoms with van der Waals surface area (Å²) in [5, 5.41) is 13.0. The third-order valence-corrected chi connectivity index (χ3v) is 4.29. The SMILES string of the molecule is CC1CCCCN1Cc1nc(C(C)(C)O)cs1. The third-order valence-electron chi connectivity index (χ3n) is 3.46. The van der Waals surface area contributed by atoms with E-state index in [0.29, 0.717) is 6.04 Å². The van der Waals surface area contributed by atoms with Gasteiger partial charge in [-0.25, -0.2) is 4.98 Å². The molecule has 0 saturated carbocycles. The van der Waals surface area contributed by atoms with Crippen molar-refractivity contribution in [1.82, 2.24) is 9.88 Å². The van der Waals surface area contributed by atoms with Crippen LogP contribution >= 0.6 is 11.3 Å². The fourth-order valence-electron chi connectivity index (χ4n) is 2.23. The molecule has 1 atom stereocenters. The van der Waals surface area contributed by atoms with Crippen molar-refractivity contribution in [2.45, 2.75) is 58.2 Å². The molecule has 96 valence electrons. The van der Waals surface area contributed by atoms with E-state index >= 15 is 0 Å². The minimum atomic E-state index is -0.817. The zero-order valence-corrected chi connectivity index (χ0v) is 11.8. The number of hydrogen-bond donors (Lipinski definition) is 1. The first-order valence-corrected chi connectivity index (χ1v) is 7.26. The van der Waals surface area contributed by atoms with Crippen LogP contribution < -0.4 is 0 Å². The highest BCUT2D eigenvalue weighted by Crippen LogP contribution is 2.24. The van der Waals surface area contributed by atoms with E-state index in [0.717, 1.165) is 17.2 Å². The molecule has 0 amide bonds. The Morgan fingerprint density at radius 3 is 2.88 bits per heavy atom. The number of thiazole rings is 1. The van der Waals surface area contributed by atoms with Gasteiger partial charge in [0.25, 0.3) is 0 Å². The summed E-state index contributed by atoms with van der Waals surface area (Å²) in [6.07, 6.45) is 3.95. The Morgan fingerprint density at radius 2 is 2.29 bits per heavy atom. The van der Waals surface area contributed by atoms with Crippen LogP contribution in [-0.2, 0) is 12.1 Å². The molecule has 0 radical (unpaired) electrons. The van der Waals surface area contributed by atoms with Crippen molar-refractivity contribution in [3.05, 3.63) is 16.1 Å². The van der Waals surface area contributed by atoms with Crippen LogP contribution in [0.3, 0.4) is 0 Å². The maximum Gasteiger partial charge on any atom is 0.107 e. The first-order chi connectivity index (χ1) is 7.97. The molecule has 1 aliphatic heterocycles. The van der Waals surface area contributed by atoms with Crippen molar-refractivity contribution in [1.29, 1.82) is 0 Å². The summed E-state index contributed by atoms with van der Waals surface area (Å²) in [4.78, 5) is 7.03. The monoisotopic (exact) mass is 254 g/mol. The molecule has 17 heavy (non-hydrogen) atoms. The van der Waals surface area contributed by atoms with Gasteiger partial charge in [-0.1, -0.05) is 6.42 Å². The third kappa shape index (κ3) is 3.27. The molecule has 4 heteroatoms. The molecule has 1 aliphatic rings. The number of likely N-dealkylation sites (tertiary alicyclic amines) is 1. The second kappa shape index (κ2) is 5.04. The molecule has 2 heterocycles. The van der Waals surface area contributed by atoms with Gasteiger partial charge >= 0.3 is 0 Å². The molecule has 2 rings (SSSR count). The average Bonchev–Trinajstić information content (AvgIpc) is 2.69. The minimum Gasteiger partial charge on any atom is -0.384 e. The van der Waals surface area contributed by atoms with Gasteiger partial charge in [-0.05, 0) is 40.2 Å². The lowest BCUT2D eigenvalue weighted by Crippen LogP contribution is -2.36. The Kier molecular flexibility index (Phi) is 3.85. The highest BCUT2D eigenvalue weighted by Gasteiger charge is 2.22. The molecule has 0 bridgehead atoms. The molecule has 1 N–H and O–H groups in total. The fourth-order valence-corrected chi connectivity index (χ4v) is 3.21. The van der Waals surface area contributed by atoms with E-state index in [9.17, 15) is 5.11 Å². The zero-order chi connectivity index (χ0) is 12.5.